The predicted octanol–water partition coefficient (Wildman–Crippen LogP) is 5.46. The van der Waals surface area contributed by atoms with E-state index in [1.165, 1.54) is 5.39 Å². The fourth-order valence-corrected chi connectivity index (χ4v) is 3.26. The number of hydrogen-bond acceptors (Lipinski definition) is 4. The maximum atomic E-state index is 5.41. The number of fused-ring (bicyclic) bond motifs is 3. The van der Waals surface area contributed by atoms with Crippen LogP contribution in [-0.4, -0.2) is 19.2 Å². The van der Waals surface area contributed by atoms with Gasteiger partial charge in [0.2, 0.25) is 0 Å². The van der Waals surface area contributed by atoms with E-state index in [4.69, 9.17) is 14.5 Å². The molecule has 0 bridgehead atoms. The molecule has 26 heavy (non-hydrogen) atoms. The molecule has 4 rings (SSSR count). The zero-order valence-corrected chi connectivity index (χ0v) is 15.0. The average Bonchev–Trinajstić information content (AvgIpc) is 2.67. The Morgan fingerprint density at radius 3 is 2.42 bits per heavy atom. The van der Waals surface area contributed by atoms with Crippen molar-refractivity contribution >= 4 is 33.1 Å². The van der Waals surface area contributed by atoms with Gasteiger partial charge in [0.05, 0.1) is 19.7 Å². The predicted molar refractivity (Wildman–Crippen MR) is 107 cm³/mol. The van der Waals surface area contributed by atoms with Crippen LogP contribution in [-0.2, 0) is 0 Å². The highest BCUT2D eigenvalue weighted by molar-refractivity contribution is 6.09. The topological polar surface area (TPSA) is 43.4 Å². The third-order valence-electron chi connectivity index (χ3n) is 4.49. The second kappa shape index (κ2) is 6.56. The Bertz CT molecular complexity index is 1110. The summed E-state index contributed by atoms with van der Waals surface area (Å²) in [5, 5.41) is 6.94. The number of pyridine rings is 1. The molecule has 1 aromatic heterocycles. The Hall–Kier alpha value is -3.27. The smallest absolute Gasteiger partial charge is 0.162 e. The Morgan fingerprint density at radius 2 is 1.62 bits per heavy atom. The molecule has 3 aromatic carbocycles. The van der Waals surface area contributed by atoms with Crippen molar-refractivity contribution in [1.29, 1.82) is 0 Å². The van der Waals surface area contributed by atoms with Crippen molar-refractivity contribution in [1.82, 2.24) is 4.98 Å². The van der Waals surface area contributed by atoms with Crippen LogP contribution in [0.15, 0.2) is 60.7 Å². The van der Waals surface area contributed by atoms with E-state index in [1.807, 2.05) is 37.3 Å². The average molecular weight is 344 g/mol. The zero-order chi connectivity index (χ0) is 18.1. The highest BCUT2D eigenvalue weighted by Crippen LogP contribution is 2.34. The van der Waals surface area contributed by atoms with Gasteiger partial charge in [0.1, 0.15) is 0 Å². The van der Waals surface area contributed by atoms with Gasteiger partial charge in [0, 0.05) is 33.9 Å². The number of hydrogen-bond donors (Lipinski definition) is 1. The van der Waals surface area contributed by atoms with Crippen LogP contribution >= 0.6 is 0 Å². The number of nitrogens with one attached hydrogen (secondary N) is 1. The summed E-state index contributed by atoms with van der Waals surface area (Å²) >= 11 is 0. The minimum Gasteiger partial charge on any atom is -0.493 e. The standard InChI is InChI=1S/C22H20N2O2/c1-14-12-19(24-16-9-11-20(25-2)21(13-16)26-3)18-10-8-15-6-4-5-7-17(15)22(18)23-14/h4-13H,1-3H3,(H,23,24). The molecule has 0 saturated carbocycles. The lowest BCUT2D eigenvalue weighted by Crippen LogP contribution is -1.97. The number of methoxy groups -OCH3 is 2. The Morgan fingerprint density at radius 1 is 0.808 bits per heavy atom. The molecule has 0 unspecified atom stereocenters. The first kappa shape index (κ1) is 16.2. The van der Waals surface area contributed by atoms with E-state index >= 15 is 0 Å². The summed E-state index contributed by atoms with van der Waals surface area (Å²) in [7, 11) is 3.27. The molecule has 0 spiro atoms. The molecule has 0 saturated heterocycles. The van der Waals surface area contributed by atoms with Crippen molar-refractivity contribution in [2.75, 3.05) is 19.5 Å². The second-order valence-electron chi connectivity index (χ2n) is 6.19. The molecule has 0 atom stereocenters. The van der Waals surface area contributed by atoms with Gasteiger partial charge in [-0.1, -0.05) is 36.4 Å². The van der Waals surface area contributed by atoms with Gasteiger partial charge in [-0.25, -0.2) is 0 Å². The van der Waals surface area contributed by atoms with Crippen LogP contribution in [0.25, 0.3) is 21.7 Å². The van der Waals surface area contributed by atoms with Gasteiger partial charge in [0.25, 0.3) is 0 Å². The van der Waals surface area contributed by atoms with Gasteiger partial charge in [-0.3, -0.25) is 4.98 Å². The molecule has 4 nitrogen and oxygen atoms in total. The van der Waals surface area contributed by atoms with Gasteiger partial charge in [-0.15, -0.1) is 0 Å². The molecule has 0 amide bonds. The molecule has 0 aliphatic carbocycles. The van der Waals surface area contributed by atoms with Gasteiger partial charge in [-0.05, 0) is 30.5 Å². The molecule has 0 radical (unpaired) electrons. The molecule has 0 fully saturated rings. The molecule has 0 aliphatic rings. The number of ether oxygens (including phenoxy) is 2. The van der Waals surface area contributed by atoms with E-state index in [1.54, 1.807) is 14.2 Å². The highest BCUT2D eigenvalue weighted by atomic mass is 16.5. The van der Waals surface area contributed by atoms with Crippen LogP contribution < -0.4 is 14.8 Å². The first-order valence-corrected chi connectivity index (χ1v) is 8.48. The number of nitrogens with zero attached hydrogens (tertiary/aromatic N) is 1. The molecule has 130 valence electrons. The minimum atomic E-state index is 0.693. The van der Waals surface area contributed by atoms with Gasteiger partial charge >= 0.3 is 0 Å². The number of aryl methyl sites for hydroxylation is 1. The largest absolute Gasteiger partial charge is 0.493 e. The second-order valence-corrected chi connectivity index (χ2v) is 6.19. The fourth-order valence-electron chi connectivity index (χ4n) is 3.26. The quantitative estimate of drug-likeness (QED) is 0.499. The summed E-state index contributed by atoms with van der Waals surface area (Å²) in [6.45, 7) is 2.01. The summed E-state index contributed by atoms with van der Waals surface area (Å²) < 4.78 is 10.7. The Kier molecular flexibility index (Phi) is 4.09. The molecule has 1 N–H and O–H groups in total. The van der Waals surface area contributed by atoms with E-state index < -0.39 is 0 Å². The summed E-state index contributed by atoms with van der Waals surface area (Å²) in [6, 6.07) is 20.4. The lowest BCUT2D eigenvalue weighted by atomic mass is 10.0. The molecular weight excluding hydrogens is 324 g/mol. The van der Waals surface area contributed by atoms with Gasteiger partial charge in [0.15, 0.2) is 11.5 Å². The Balaban J connectivity index is 1.85. The lowest BCUT2D eigenvalue weighted by Gasteiger charge is -2.14. The van der Waals surface area contributed by atoms with Crippen LogP contribution in [0.3, 0.4) is 0 Å². The SMILES string of the molecule is COc1ccc(Nc2cc(C)nc3c2ccc2ccccc23)cc1OC. The number of aromatic nitrogens is 1. The van der Waals surface area contributed by atoms with Crippen LogP contribution in [0.5, 0.6) is 11.5 Å². The van der Waals surface area contributed by atoms with Crippen LogP contribution in [0.2, 0.25) is 0 Å². The monoisotopic (exact) mass is 344 g/mol. The molecule has 1 heterocycles. The first-order valence-electron chi connectivity index (χ1n) is 8.48. The van der Waals surface area contributed by atoms with E-state index in [-0.39, 0.29) is 0 Å². The summed E-state index contributed by atoms with van der Waals surface area (Å²) in [4.78, 5) is 4.78. The fraction of sp³-hybridized carbons (Fsp3) is 0.136. The minimum absolute atomic E-state index is 0.693. The highest BCUT2D eigenvalue weighted by Gasteiger charge is 2.10. The summed E-state index contributed by atoms with van der Waals surface area (Å²) in [5.41, 5.74) is 3.93. The van der Waals surface area contributed by atoms with Gasteiger partial charge < -0.3 is 14.8 Å². The van der Waals surface area contributed by atoms with Crippen molar-refractivity contribution in [3.05, 3.63) is 66.4 Å². The summed E-state index contributed by atoms with van der Waals surface area (Å²) in [6.07, 6.45) is 0. The van der Waals surface area contributed by atoms with Crippen molar-refractivity contribution in [3.8, 4) is 11.5 Å². The van der Waals surface area contributed by atoms with E-state index in [0.29, 0.717) is 11.5 Å². The van der Waals surface area contributed by atoms with Crippen molar-refractivity contribution in [2.24, 2.45) is 0 Å². The number of rotatable bonds is 4. The normalized spacial score (nSPS) is 10.9. The van der Waals surface area contributed by atoms with Crippen molar-refractivity contribution < 1.29 is 9.47 Å². The molecule has 4 heteroatoms. The van der Waals surface area contributed by atoms with Crippen LogP contribution in [0, 0.1) is 6.92 Å². The summed E-state index contributed by atoms with van der Waals surface area (Å²) in [5.74, 6) is 1.40. The lowest BCUT2D eigenvalue weighted by molar-refractivity contribution is 0.355. The molecular formula is C22H20N2O2. The third-order valence-corrected chi connectivity index (χ3v) is 4.49. The van der Waals surface area contributed by atoms with Crippen LogP contribution in [0.4, 0.5) is 11.4 Å². The maximum absolute atomic E-state index is 5.41. The van der Waals surface area contributed by atoms with E-state index in [2.05, 4.69) is 35.6 Å². The third kappa shape index (κ3) is 2.80. The molecule has 0 aliphatic heterocycles. The Labute approximate surface area is 152 Å². The van der Waals surface area contributed by atoms with E-state index in [0.717, 1.165) is 33.4 Å². The number of benzene rings is 3. The van der Waals surface area contributed by atoms with Crippen molar-refractivity contribution in [3.63, 3.8) is 0 Å². The van der Waals surface area contributed by atoms with Crippen molar-refractivity contribution in [2.45, 2.75) is 6.92 Å². The van der Waals surface area contributed by atoms with E-state index in [9.17, 15) is 0 Å². The number of anilines is 2. The van der Waals surface area contributed by atoms with Gasteiger partial charge in [-0.2, -0.15) is 0 Å². The zero-order valence-electron chi connectivity index (χ0n) is 15.0. The first-order chi connectivity index (χ1) is 12.7. The van der Waals surface area contributed by atoms with Crippen LogP contribution in [0.1, 0.15) is 5.69 Å². The maximum Gasteiger partial charge on any atom is 0.162 e. The molecule has 4 aromatic rings.